The predicted octanol–water partition coefficient (Wildman–Crippen LogP) is 0.622. The number of hydrogen-bond acceptors (Lipinski definition) is 6. The van der Waals surface area contributed by atoms with E-state index < -0.39 is 18.0 Å². The Morgan fingerprint density at radius 3 is 2.39 bits per heavy atom. The van der Waals surface area contributed by atoms with Crippen molar-refractivity contribution in [2.45, 2.75) is 19.9 Å². The van der Waals surface area contributed by atoms with Crippen LogP contribution in [-0.2, 0) is 14.3 Å². The van der Waals surface area contributed by atoms with Gasteiger partial charge in [-0.2, -0.15) is 0 Å². The zero-order chi connectivity index (χ0) is 13.9. The topological polar surface area (TPSA) is 96.4 Å². The number of esters is 2. The first-order valence-electron chi connectivity index (χ1n) is 5.42. The van der Waals surface area contributed by atoms with Crippen molar-refractivity contribution < 1.29 is 19.1 Å². The van der Waals surface area contributed by atoms with Crippen LogP contribution in [-0.4, -0.2) is 35.7 Å². The lowest BCUT2D eigenvalue weighted by atomic mass is 10.0. The van der Waals surface area contributed by atoms with Crippen molar-refractivity contribution in [3.05, 3.63) is 12.0 Å². The smallest absolute Gasteiger partial charge is 0.360 e. The largest absolute Gasteiger partial charge is 0.467 e. The monoisotopic (exact) mass is 255 g/mol. The number of anilines is 1. The van der Waals surface area contributed by atoms with Gasteiger partial charge in [-0.05, 0) is 5.92 Å². The normalized spacial score (nSPS) is 12.3. The Kier molecular flexibility index (Phi) is 4.30. The average Bonchev–Trinajstić information content (AvgIpc) is 2.70. The number of nitrogens with zero attached hydrogens (tertiary/aromatic N) is 2. The highest BCUT2D eigenvalue weighted by Gasteiger charge is 2.29. The average molecular weight is 255 g/mol. The van der Waals surface area contributed by atoms with Crippen LogP contribution in [0.3, 0.4) is 0 Å². The fourth-order valence-electron chi connectivity index (χ4n) is 1.67. The highest BCUT2D eigenvalue weighted by molar-refractivity contribution is 5.92. The maximum Gasteiger partial charge on any atom is 0.360 e. The molecule has 18 heavy (non-hydrogen) atoms. The fraction of sp³-hybridized carbons (Fsp3) is 0.545. The van der Waals surface area contributed by atoms with E-state index in [1.54, 1.807) is 0 Å². The molecule has 0 bridgehead atoms. The lowest BCUT2D eigenvalue weighted by molar-refractivity contribution is -0.145. The van der Waals surface area contributed by atoms with Gasteiger partial charge in [0.15, 0.2) is 5.69 Å². The maximum absolute atomic E-state index is 11.7. The molecule has 7 nitrogen and oxygen atoms in total. The number of methoxy groups -OCH3 is 2. The Morgan fingerprint density at radius 2 is 1.94 bits per heavy atom. The molecule has 1 unspecified atom stereocenters. The summed E-state index contributed by atoms with van der Waals surface area (Å²) in [5.74, 6) is -1.05. The highest BCUT2D eigenvalue weighted by Crippen LogP contribution is 2.24. The molecule has 1 aromatic rings. The van der Waals surface area contributed by atoms with Crippen molar-refractivity contribution in [3.8, 4) is 0 Å². The predicted molar refractivity (Wildman–Crippen MR) is 63.9 cm³/mol. The molecule has 1 aromatic heterocycles. The highest BCUT2D eigenvalue weighted by atomic mass is 16.5. The number of carbonyl (C=O) groups excluding carboxylic acids is 2. The lowest BCUT2D eigenvalue weighted by Crippen LogP contribution is -2.26. The van der Waals surface area contributed by atoms with Crippen molar-refractivity contribution in [2.75, 3.05) is 20.0 Å². The van der Waals surface area contributed by atoms with E-state index in [0.717, 1.165) is 0 Å². The van der Waals surface area contributed by atoms with E-state index in [4.69, 9.17) is 10.5 Å². The van der Waals surface area contributed by atoms with Gasteiger partial charge in [0.05, 0.1) is 20.5 Å². The molecule has 1 rings (SSSR count). The van der Waals surface area contributed by atoms with Gasteiger partial charge in [-0.3, -0.25) is 0 Å². The number of nitrogen functional groups attached to an aromatic ring is 1. The second kappa shape index (κ2) is 5.52. The van der Waals surface area contributed by atoms with Crippen LogP contribution in [0, 0.1) is 5.92 Å². The third kappa shape index (κ3) is 2.44. The molecule has 0 saturated heterocycles. The summed E-state index contributed by atoms with van der Waals surface area (Å²) in [5, 5.41) is 0. The van der Waals surface area contributed by atoms with Crippen molar-refractivity contribution in [2.24, 2.45) is 5.92 Å². The van der Waals surface area contributed by atoms with Crippen molar-refractivity contribution in [1.82, 2.24) is 9.55 Å². The van der Waals surface area contributed by atoms with Gasteiger partial charge in [0.25, 0.3) is 0 Å². The molecule has 100 valence electrons. The molecule has 0 radical (unpaired) electrons. The minimum atomic E-state index is -0.640. The summed E-state index contributed by atoms with van der Waals surface area (Å²) in [4.78, 5) is 27.0. The van der Waals surface area contributed by atoms with Crippen LogP contribution >= 0.6 is 0 Å². The molecule has 0 amide bonds. The SMILES string of the molecule is COC(=O)c1ncn(C(C(=O)OC)C(C)C)c1N. The molecule has 0 aliphatic carbocycles. The molecule has 0 aromatic carbocycles. The zero-order valence-corrected chi connectivity index (χ0v) is 10.8. The van der Waals surface area contributed by atoms with Gasteiger partial charge >= 0.3 is 11.9 Å². The first-order valence-corrected chi connectivity index (χ1v) is 5.42. The van der Waals surface area contributed by atoms with E-state index in [0.29, 0.717) is 0 Å². The van der Waals surface area contributed by atoms with Gasteiger partial charge in [-0.1, -0.05) is 13.8 Å². The van der Waals surface area contributed by atoms with Crippen LogP contribution in [0.25, 0.3) is 0 Å². The summed E-state index contributed by atoms with van der Waals surface area (Å²) >= 11 is 0. The van der Waals surface area contributed by atoms with Crippen LogP contribution in [0.4, 0.5) is 5.82 Å². The molecule has 0 aliphatic rings. The number of aromatic nitrogens is 2. The van der Waals surface area contributed by atoms with Crippen molar-refractivity contribution >= 4 is 17.8 Å². The van der Waals surface area contributed by atoms with E-state index in [-0.39, 0.29) is 17.4 Å². The minimum absolute atomic E-state index is 0.00736. The van der Waals surface area contributed by atoms with Crippen LogP contribution in [0.2, 0.25) is 0 Å². The van der Waals surface area contributed by atoms with E-state index in [1.165, 1.54) is 25.1 Å². The second-order valence-corrected chi connectivity index (χ2v) is 4.09. The first kappa shape index (κ1) is 14.0. The van der Waals surface area contributed by atoms with Gasteiger partial charge in [0, 0.05) is 0 Å². The molecule has 0 aliphatic heterocycles. The van der Waals surface area contributed by atoms with Crippen LogP contribution in [0.5, 0.6) is 0 Å². The van der Waals surface area contributed by atoms with Crippen molar-refractivity contribution in [3.63, 3.8) is 0 Å². The summed E-state index contributed by atoms with van der Waals surface area (Å²) < 4.78 is 10.7. The molecule has 1 atom stereocenters. The molecule has 1 heterocycles. The summed E-state index contributed by atoms with van der Waals surface area (Å²) in [6, 6.07) is -0.624. The van der Waals surface area contributed by atoms with Gasteiger partial charge in [-0.25, -0.2) is 14.6 Å². The fourth-order valence-corrected chi connectivity index (χ4v) is 1.67. The number of carbonyl (C=O) groups is 2. The third-order valence-electron chi connectivity index (χ3n) is 2.58. The summed E-state index contributed by atoms with van der Waals surface area (Å²) in [7, 11) is 2.53. The van der Waals surface area contributed by atoms with Gasteiger partial charge in [-0.15, -0.1) is 0 Å². The van der Waals surface area contributed by atoms with E-state index in [1.807, 2.05) is 13.8 Å². The molecular weight excluding hydrogens is 238 g/mol. The molecule has 7 heteroatoms. The first-order chi connectivity index (χ1) is 8.43. The second-order valence-electron chi connectivity index (χ2n) is 4.09. The summed E-state index contributed by atoms with van der Waals surface area (Å²) in [6.07, 6.45) is 1.34. The molecular formula is C11H17N3O4. The number of ether oxygens (including phenoxy) is 2. The Bertz CT molecular complexity index is 453. The lowest BCUT2D eigenvalue weighted by Gasteiger charge is -2.20. The Hall–Kier alpha value is -2.05. The van der Waals surface area contributed by atoms with Gasteiger partial charge in [0.2, 0.25) is 0 Å². The molecule has 0 saturated carbocycles. The van der Waals surface area contributed by atoms with E-state index in [2.05, 4.69) is 9.72 Å². The van der Waals surface area contributed by atoms with Crippen LogP contribution in [0.15, 0.2) is 6.33 Å². The van der Waals surface area contributed by atoms with Gasteiger partial charge in [0.1, 0.15) is 11.9 Å². The van der Waals surface area contributed by atoms with Crippen molar-refractivity contribution in [1.29, 1.82) is 0 Å². The summed E-state index contributed by atoms with van der Waals surface area (Å²) in [6.45, 7) is 3.69. The third-order valence-corrected chi connectivity index (χ3v) is 2.58. The maximum atomic E-state index is 11.7. The molecule has 2 N–H and O–H groups in total. The Balaban J connectivity index is 3.19. The number of rotatable bonds is 4. The van der Waals surface area contributed by atoms with Gasteiger partial charge < -0.3 is 19.8 Å². The Labute approximate surface area is 105 Å². The number of hydrogen-bond donors (Lipinski definition) is 1. The molecule has 0 spiro atoms. The minimum Gasteiger partial charge on any atom is -0.467 e. The Morgan fingerprint density at radius 1 is 1.33 bits per heavy atom. The van der Waals surface area contributed by atoms with E-state index >= 15 is 0 Å². The molecule has 0 fully saturated rings. The number of imidazole rings is 1. The zero-order valence-electron chi connectivity index (χ0n) is 10.8. The van der Waals surface area contributed by atoms with Crippen LogP contribution < -0.4 is 5.73 Å². The van der Waals surface area contributed by atoms with Crippen LogP contribution in [0.1, 0.15) is 30.4 Å². The number of nitrogens with two attached hydrogens (primary N) is 1. The standard InChI is InChI=1S/C11H17N3O4/c1-6(2)8(11(16)18-4)14-5-13-7(9(14)12)10(15)17-3/h5-6,8H,12H2,1-4H3. The summed E-state index contributed by atoms with van der Waals surface area (Å²) in [5.41, 5.74) is 5.80. The van der Waals surface area contributed by atoms with E-state index in [9.17, 15) is 9.59 Å². The quantitative estimate of drug-likeness (QED) is 0.792.